The van der Waals surface area contributed by atoms with Gasteiger partial charge in [0.25, 0.3) is 0 Å². The van der Waals surface area contributed by atoms with Gasteiger partial charge < -0.3 is 23.7 Å². The summed E-state index contributed by atoms with van der Waals surface area (Å²) in [4.78, 5) is 47.4. The Bertz CT molecular complexity index is 962. The molecule has 43 heavy (non-hydrogen) atoms. The lowest BCUT2D eigenvalue weighted by Crippen LogP contribution is -2.31. The second kappa shape index (κ2) is 25.2. The van der Waals surface area contributed by atoms with Crippen LogP contribution in [-0.2, 0) is 38.1 Å². The first-order valence-corrected chi connectivity index (χ1v) is 15.6. The van der Waals surface area contributed by atoms with Crippen LogP contribution in [0.2, 0.25) is 5.02 Å². The summed E-state index contributed by atoms with van der Waals surface area (Å²) in [7, 11) is 0. The quantitative estimate of drug-likeness (QED) is 0.0442. The highest BCUT2D eigenvalue weighted by atomic mass is 35.5. The second-order valence-electron chi connectivity index (χ2n) is 10.1. The number of benzene rings is 1. The molecule has 0 radical (unpaired) electrons. The van der Waals surface area contributed by atoms with Crippen LogP contribution in [0.4, 0.5) is 0 Å². The number of esters is 4. The topological polar surface area (TPSA) is 114 Å². The van der Waals surface area contributed by atoms with E-state index in [1.54, 1.807) is 24.3 Å². The molecule has 0 heterocycles. The van der Waals surface area contributed by atoms with Crippen molar-refractivity contribution in [1.82, 2.24) is 0 Å². The summed E-state index contributed by atoms with van der Waals surface area (Å²) in [5, 5.41) is 0.577. The second-order valence-corrected chi connectivity index (χ2v) is 10.6. The number of hydrogen-bond donors (Lipinski definition) is 0. The Morgan fingerprint density at radius 1 is 0.605 bits per heavy atom. The third-order valence-corrected chi connectivity index (χ3v) is 6.68. The van der Waals surface area contributed by atoms with Crippen LogP contribution in [0, 0.1) is 0 Å². The monoisotopic (exact) mass is 622 g/mol. The van der Waals surface area contributed by atoms with E-state index in [0.717, 1.165) is 76.7 Å². The molecule has 0 aliphatic carbocycles. The van der Waals surface area contributed by atoms with Gasteiger partial charge in [-0.1, -0.05) is 76.1 Å². The summed E-state index contributed by atoms with van der Waals surface area (Å²) in [6, 6.07) is 6.81. The summed E-state index contributed by atoms with van der Waals surface area (Å²) in [5.74, 6) is -0.698. The first-order chi connectivity index (χ1) is 20.8. The largest absolute Gasteiger partial charge is 0.490 e. The number of hydrogen-bond acceptors (Lipinski definition) is 9. The highest BCUT2D eigenvalue weighted by Crippen LogP contribution is 2.17. The van der Waals surface area contributed by atoms with Crippen molar-refractivity contribution in [3.63, 3.8) is 0 Å². The van der Waals surface area contributed by atoms with E-state index in [1.165, 1.54) is 0 Å². The number of carbonyl (C=O) groups excluding carboxylic acids is 4. The molecule has 0 N–H and O–H groups in total. The summed E-state index contributed by atoms with van der Waals surface area (Å²) in [6.07, 6.45) is 13.2. The Balaban J connectivity index is 2.31. The van der Waals surface area contributed by atoms with Crippen molar-refractivity contribution in [1.29, 1.82) is 0 Å². The predicted molar refractivity (Wildman–Crippen MR) is 164 cm³/mol. The fourth-order valence-electron chi connectivity index (χ4n) is 4.13. The molecule has 0 bridgehead atoms. The van der Waals surface area contributed by atoms with E-state index in [9.17, 15) is 19.2 Å². The van der Waals surface area contributed by atoms with Crippen molar-refractivity contribution in [3.8, 4) is 5.75 Å². The van der Waals surface area contributed by atoms with Gasteiger partial charge in [0, 0.05) is 30.7 Å². The summed E-state index contributed by atoms with van der Waals surface area (Å²) in [5.41, 5.74) is 0. The zero-order valence-electron chi connectivity index (χ0n) is 25.2. The first-order valence-electron chi connectivity index (χ1n) is 15.2. The molecule has 10 heteroatoms. The van der Waals surface area contributed by atoms with Gasteiger partial charge in [-0.25, -0.2) is 0 Å². The van der Waals surface area contributed by atoms with Crippen LogP contribution in [0.25, 0.3) is 0 Å². The van der Waals surface area contributed by atoms with Gasteiger partial charge in [0.05, 0.1) is 12.5 Å². The molecule has 240 valence electrons. The number of ether oxygens (including phenoxy) is 5. The maximum Gasteiger partial charge on any atom is 0.310 e. The van der Waals surface area contributed by atoms with Gasteiger partial charge in [-0.3, -0.25) is 19.2 Å². The highest BCUT2D eigenvalue weighted by Gasteiger charge is 2.18. The minimum atomic E-state index is -0.741. The zero-order valence-corrected chi connectivity index (χ0v) is 26.0. The van der Waals surface area contributed by atoms with E-state index in [4.69, 9.17) is 25.8 Å². The van der Waals surface area contributed by atoms with Gasteiger partial charge in [0.2, 0.25) is 0 Å². The molecule has 0 aliphatic heterocycles. The SMILES string of the molecule is C=COC(=O)CCCCCCCCC(=O)OCC(COc1ccc(Cl)cc1)OC(=O)CCCCCCCCC(=O)OC=C. The van der Waals surface area contributed by atoms with Gasteiger partial charge in [-0.05, 0) is 49.9 Å². The maximum absolute atomic E-state index is 12.5. The van der Waals surface area contributed by atoms with Crippen LogP contribution in [0.3, 0.4) is 0 Å². The molecule has 0 saturated heterocycles. The molecule has 1 atom stereocenters. The number of rotatable bonds is 26. The summed E-state index contributed by atoms with van der Waals surface area (Å²) >= 11 is 5.93. The molecule has 1 unspecified atom stereocenters. The van der Waals surface area contributed by atoms with Gasteiger partial charge >= 0.3 is 23.9 Å². The third kappa shape index (κ3) is 22.0. The average molecular weight is 623 g/mol. The van der Waals surface area contributed by atoms with Gasteiger partial charge in [0.15, 0.2) is 6.10 Å². The minimum absolute atomic E-state index is 0.0370. The van der Waals surface area contributed by atoms with Crippen LogP contribution in [-0.4, -0.2) is 43.2 Å². The Hall–Kier alpha value is -3.33. The number of unbranched alkanes of at least 4 members (excludes halogenated alkanes) is 10. The number of halogens is 1. The molecule has 1 aromatic carbocycles. The van der Waals surface area contributed by atoms with E-state index in [1.807, 2.05) is 0 Å². The van der Waals surface area contributed by atoms with Crippen LogP contribution >= 0.6 is 11.6 Å². The van der Waals surface area contributed by atoms with E-state index in [0.29, 0.717) is 36.5 Å². The first kappa shape index (κ1) is 37.7. The number of carbonyl (C=O) groups is 4. The van der Waals surface area contributed by atoms with Crippen LogP contribution in [0.15, 0.2) is 49.9 Å². The fourth-order valence-corrected chi connectivity index (χ4v) is 4.26. The minimum Gasteiger partial charge on any atom is -0.490 e. The normalized spacial score (nSPS) is 11.2. The van der Waals surface area contributed by atoms with Crippen molar-refractivity contribution in [3.05, 3.63) is 55.0 Å². The highest BCUT2D eigenvalue weighted by molar-refractivity contribution is 6.30. The molecule has 1 aromatic rings. The molecule has 0 amide bonds. The molecular formula is C33H47ClO9. The maximum atomic E-state index is 12.5. The van der Waals surface area contributed by atoms with Crippen molar-refractivity contribution in [2.45, 2.75) is 109 Å². The predicted octanol–water partition coefficient (Wildman–Crippen LogP) is 7.79. The van der Waals surface area contributed by atoms with E-state index < -0.39 is 6.10 Å². The Morgan fingerprint density at radius 2 is 1.02 bits per heavy atom. The Morgan fingerprint density at radius 3 is 1.49 bits per heavy atom. The zero-order chi connectivity index (χ0) is 31.5. The summed E-state index contributed by atoms with van der Waals surface area (Å²) in [6.45, 7) is 6.67. The molecule has 0 spiro atoms. The van der Waals surface area contributed by atoms with E-state index >= 15 is 0 Å². The molecular weight excluding hydrogens is 576 g/mol. The lowest BCUT2D eigenvalue weighted by Gasteiger charge is -2.19. The lowest BCUT2D eigenvalue weighted by molar-refractivity contribution is -0.161. The molecule has 0 saturated carbocycles. The Kier molecular flexibility index (Phi) is 22.1. The van der Waals surface area contributed by atoms with Crippen LogP contribution in [0.5, 0.6) is 5.75 Å². The van der Waals surface area contributed by atoms with Crippen LogP contribution in [0.1, 0.15) is 103 Å². The summed E-state index contributed by atoms with van der Waals surface area (Å²) < 4.78 is 26.1. The van der Waals surface area contributed by atoms with Crippen molar-refractivity contribution in [2.24, 2.45) is 0 Å². The van der Waals surface area contributed by atoms with Gasteiger partial charge in [-0.15, -0.1) is 0 Å². The van der Waals surface area contributed by atoms with Crippen LogP contribution < -0.4 is 4.74 Å². The molecule has 9 nitrogen and oxygen atoms in total. The van der Waals surface area contributed by atoms with E-state index in [2.05, 4.69) is 22.6 Å². The van der Waals surface area contributed by atoms with Gasteiger partial charge in [-0.2, -0.15) is 0 Å². The van der Waals surface area contributed by atoms with Crippen molar-refractivity contribution >= 4 is 35.5 Å². The third-order valence-electron chi connectivity index (χ3n) is 6.43. The fraction of sp³-hybridized carbons (Fsp3) is 0.576. The molecule has 0 fully saturated rings. The van der Waals surface area contributed by atoms with Crippen molar-refractivity contribution < 1.29 is 42.9 Å². The molecule has 1 rings (SSSR count). The Labute approximate surface area is 260 Å². The molecule has 0 aliphatic rings. The van der Waals surface area contributed by atoms with Gasteiger partial charge in [0.1, 0.15) is 19.0 Å². The average Bonchev–Trinajstić information content (AvgIpc) is 2.98. The smallest absolute Gasteiger partial charge is 0.310 e. The molecule has 0 aromatic heterocycles. The standard InChI is InChI=1S/C33H47ClO9/c1-3-39-30(35)17-13-9-5-6-11-15-19-32(37)42-26-29(25-41-28-23-21-27(34)22-24-28)43-33(38)20-16-12-8-7-10-14-18-31(36)40-4-2/h3-4,21-24,29H,1-2,5-20,25-26H2. The van der Waals surface area contributed by atoms with E-state index in [-0.39, 0.29) is 49.9 Å². The van der Waals surface area contributed by atoms with Crippen molar-refractivity contribution in [2.75, 3.05) is 13.2 Å². The lowest BCUT2D eigenvalue weighted by atomic mass is 10.1.